The van der Waals surface area contributed by atoms with Crippen LogP contribution in [0.25, 0.3) is 0 Å². The maximum absolute atomic E-state index is 12.8. The van der Waals surface area contributed by atoms with Crippen LogP contribution in [0.3, 0.4) is 0 Å². The fourth-order valence-corrected chi connectivity index (χ4v) is 6.42. The molecule has 9 heteroatoms. The van der Waals surface area contributed by atoms with Crippen LogP contribution in [0.2, 0.25) is 0 Å². The molecular weight excluding hydrogens is 695 g/mol. The molecule has 314 valence electrons. The Labute approximate surface area is 332 Å². The van der Waals surface area contributed by atoms with E-state index in [0.29, 0.717) is 17.4 Å². The summed E-state index contributed by atoms with van der Waals surface area (Å²) in [5.41, 5.74) is 0. The summed E-state index contributed by atoms with van der Waals surface area (Å²) in [4.78, 5) is 25.3. The van der Waals surface area contributed by atoms with Gasteiger partial charge in [0.05, 0.1) is 39.9 Å². The molecule has 0 fully saturated rings. The van der Waals surface area contributed by atoms with E-state index in [1.54, 1.807) is 6.08 Å². The Hall–Kier alpha value is -1.80. The quantitative estimate of drug-likeness (QED) is 0.0212. The van der Waals surface area contributed by atoms with Crippen LogP contribution in [0.4, 0.5) is 0 Å². The number of likely N-dealkylation sites (N-methyl/N-ethyl adjacent to an activating group) is 1. The number of aliphatic hydroxyl groups excluding tert-OH is 1. The van der Waals surface area contributed by atoms with Gasteiger partial charge in [-0.3, -0.25) is 9.36 Å². The highest BCUT2D eigenvalue weighted by Gasteiger charge is 2.23. The van der Waals surface area contributed by atoms with Crippen molar-refractivity contribution in [1.29, 1.82) is 0 Å². The number of allylic oxidation sites excluding steroid dienone is 9. The van der Waals surface area contributed by atoms with E-state index in [2.05, 4.69) is 67.8 Å². The number of unbranched alkanes of at least 4 members (excludes halogenated alkanes) is 18. The highest BCUT2D eigenvalue weighted by molar-refractivity contribution is 7.45. The van der Waals surface area contributed by atoms with Gasteiger partial charge in [0, 0.05) is 6.42 Å². The van der Waals surface area contributed by atoms with Gasteiger partial charge in [-0.05, 0) is 70.6 Å². The Kier molecular flexibility index (Phi) is 35.6. The van der Waals surface area contributed by atoms with Crippen molar-refractivity contribution in [1.82, 2.24) is 5.32 Å². The molecule has 0 aromatic rings. The summed E-state index contributed by atoms with van der Waals surface area (Å²) < 4.78 is 23.1. The highest BCUT2D eigenvalue weighted by atomic mass is 31.2. The number of nitrogens with one attached hydrogen (secondary N) is 1. The number of carbonyl (C=O) groups excluding carboxylic acids is 1. The minimum absolute atomic E-state index is 0.0138. The number of phosphoric acid groups is 1. The number of hydrogen-bond acceptors (Lipinski definition) is 6. The zero-order valence-corrected chi connectivity index (χ0v) is 36.3. The number of phosphoric ester groups is 1. The standard InChI is InChI=1S/C45H83N2O6P/c1-6-8-10-12-14-16-18-20-22-23-25-26-28-30-32-34-36-38-44(48)43(42-53-54(50,51)52-41-40-47(3,4)5)46-45(49)39-37-35-33-31-29-27-24-21-19-17-15-13-11-9-7-2/h15,17,19,21-23,28,30,36,38,43-44,48H,6-14,16,18,20,24-27,29,31-35,37,39-42H2,1-5H3,(H-,46,49,50,51)/b17-15-,21-19-,23-22+,30-28+,38-36+. The third-order valence-corrected chi connectivity index (χ3v) is 10.2. The van der Waals surface area contributed by atoms with E-state index in [0.717, 1.165) is 64.2 Å². The van der Waals surface area contributed by atoms with E-state index in [1.807, 2.05) is 27.2 Å². The van der Waals surface area contributed by atoms with Crippen molar-refractivity contribution >= 4 is 13.7 Å². The first kappa shape index (κ1) is 52.2. The first-order chi connectivity index (χ1) is 26.0. The molecule has 0 aromatic heterocycles. The number of nitrogens with zero attached hydrogens (tertiary/aromatic N) is 1. The van der Waals surface area contributed by atoms with Gasteiger partial charge in [-0.1, -0.05) is 152 Å². The number of rotatable bonds is 38. The van der Waals surface area contributed by atoms with Crippen molar-refractivity contribution in [3.05, 3.63) is 60.8 Å². The van der Waals surface area contributed by atoms with Gasteiger partial charge >= 0.3 is 0 Å². The summed E-state index contributed by atoms with van der Waals surface area (Å²) in [6.07, 6.45) is 46.9. The van der Waals surface area contributed by atoms with Crippen molar-refractivity contribution in [2.24, 2.45) is 0 Å². The monoisotopic (exact) mass is 779 g/mol. The summed E-state index contributed by atoms with van der Waals surface area (Å²) in [5.74, 6) is -0.227. The van der Waals surface area contributed by atoms with Crippen LogP contribution in [0.15, 0.2) is 60.8 Å². The van der Waals surface area contributed by atoms with Crippen LogP contribution < -0.4 is 10.2 Å². The number of quaternary nitrogens is 1. The molecule has 0 aliphatic heterocycles. The lowest BCUT2D eigenvalue weighted by molar-refractivity contribution is -0.870. The second kappa shape index (κ2) is 36.8. The molecule has 3 atom stereocenters. The SMILES string of the molecule is CCCCC/C=C\C=C/CCCCCCCCC(=O)NC(COP(=O)([O-])OCC[N+](C)(C)C)C(O)/C=C/CC/C=C/CC/C=C/CCCCCCCCC. The smallest absolute Gasteiger partial charge is 0.268 e. The fraction of sp³-hybridized carbons (Fsp3) is 0.756. The molecule has 0 aromatic carbocycles. The molecule has 1 amide bonds. The molecule has 0 heterocycles. The van der Waals surface area contributed by atoms with Gasteiger partial charge in [0.25, 0.3) is 7.82 Å². The van der Waals surface area contributed by atoms with Gasteiger partial charge in [0.1, 0.15) is 13.2 Å². The van der Waals surface area contributed by atoms with E-state index in [9.17, 15) is 19.4 Å². The predicted molar refractivity (Wildman–Crippen MR) is 228 cm³/mol. The van der Waals surface area contributed by atoms with Crippen LogP contribution in [-0.4, -0.2) is 68.5 Å². The molecule has 2 N–H and O–H groups in total. The second-order valence-electron chi connectivity index (χ2n) is 15.7. The molecule has 0 bridgehead atoms. The first-order valence-corrected chi connectivity index (χ1v) is 23.1. The average molecular weight is 779 g/mol. The van der Waals surface area contributed by atoms with Crippen molar-refractivity contribution < 1.29 is 32.9 Å². The maximum atomic E-state index is 12.8. The van der Waals surface area contributed by atoms with Gasteiger partial charge in [0.2, 0.25) is 5.91 Å². The predicted octanol–water partition coefficient (Wildman–Crippen LogP) is 11.2. The van der Waals surface area contributed by atoms with Gasteiger partial charge in [-0.25, -0.2) is 0 Å². The van der Waals surface area contributed by atoms with E-state index < -0.39 is 26.6 Å². The van der Waals surface area contributed by atoms with Crippen molar-refractivity contribution in [3.8, 4) is 0 Å². The Morgan fingerprint density at radius 3 is 1.65 bits per heavy atom. The van der Waals surface area contributed by atoms with E-state index in [-0.39, 0.29) is 12.5 Å². The van der Waals surface area contributed by atoms with Gasteiger partial charge in [-0.2, -0.15) is 0 Å². The van der Waals surface area contributed by atoms with Crippen molar-refractivity contribution in [2.75, 3.05) is 40.9 Å². The summed E-state index contributed by atoms with van der Waals surface area (Å²) in [6.45, 7) is 4.55. The van der Waals surface area contributed by atoms with Crippen LogP contribution in [0, 0.1) is 0 Å². The molecule has 0 aliphatic carbocycles. The minimum atomic E-state index is -4.60. The summed E-state index contributed by atoms with van der Waals surface area (Å²) >= 11 is 0. The van der Waals surface area contributed by atoms with Crippen LogP contribution in [-0.2, 0) is 18.4 Å². The summed E-state index contributed by atoms with van der Waals surface area (Å²) in [5, 5.41) is 13.7. The number of amides is 1. The lowest BCUT2D eigenvalue weighted by atomic mass is 10.1. The van der Waals surface area contributed by atoms with E-state index >= 15 is 0 Å². The Bertz CT molecular complexity index is 1060. The van der Waals surface area contributed by atoms with Gasteiger partial charge in [0.15, 0.2) is 0 Å². The number of carbonyl (C=O) groups is 1. The average Bonchev–Trinajstić information content (AvgIpc) is 3.12. The Morgan fingerprint density at radius 1 is 0.648 bits per heavy atom. The molecule has 0 aliphatic rings. The zero-order valence-electron chi connectivity index (χ0n) is 35.4. The topological polar surface area (TPSA) is 108 Å². The van der Waals surface area contributed by atoms with Crippen molar-refractivity contribution in [3.63, 3.8) is 0 Å². The molecular formula is C45H83N2O6P. The zero-order chi connectivity index (χ0) is 40.0. The fourth-order valence-electron chi connectivity index (χ4n) is 5.70. The largest absolute Gasteiger partial charge is 0.756 e. The normalized spacial score (nSPS) is 15.0. The van der Waals surface area contributed by atoms with E-state index in [4.69, 9.17) is 9.05 Å². The third kappa shape index (κ3) is 38.5. The molecule has 0 saturated heterocycles. The maximum Gasteiger partial charge on any atom is 0.268 e. The Morgan fingerprint density at radius 2 is 1.09 bits per heavy atom. The van der Waals surface area contributed by atoms with Crippen molar-refractivity contribution in [2.45, 2.75) is 180 Å². The van der Waals surface area contributed by atoms with Crippen LogP contribution in [0.1, 0.15) is 168 Å². The lowest BCUT2D eigenvalue weighted by Crippen LogP contribution is -2.45. The number of hydrogen-bond donors (Lipinski definition) is 2. The highest BCUT2D eigenvalue weighted by Crippen LogP contribution is 2.38. The molecule has 8 nitrogen and oxygen atoms in total. The van der Waals surface area contributed by atoms with Gasteiger partial charge in [-0.15, -0.1) is 0 Å². The summed E-state index contributed by atoms with van der Waals surface area (Å²) in [6, 6.07) is -0.916. The molecule has 0 spiro atoms. The summed E-state index contributed by atoms with van der Waals surface area (Å²) in [7, 11) is 1.22. The number of aliphatic hydroxyl groups is 1. The lowest BCUT2D eigenvalue weighted by Gasteiger charge is -2.29. The first-order valence-electron chi connectivity index (χ1n) is 21.7. The molecule has 3 unspecified atom stereocenters. The molecule has 54 heavy (non-hydrogen) atoms. The Balaban J connectivity index is 4.57. The third-order valence-electron chi connectivity index (χ3n) is 9.21. The molecule has 0 radical (unpaired) electrons. The molecule has 0 rings (SSSR count). The van der Waals surface area contributed by atoms with E-state index in [1.165, 1.54) is 83.5 Å². The van der Waals surface area contributed by atoms with Crippen LogP contribution in [0.5, 0.6) is 0 Å². The second-order valence-corrected chi connectivity index (χ2v) is 17.1. The molecule has 0 saturated carbocycles. The minimum Gasteiger partial charge on any atom is -0.756 e. The van der Waals surface area contributed by atoms with Gasteiger partial charge < -0.3 is 28.8 Å². The van der Waals surface area contributed by atoms with Crippen LogP contribution >= 0.6 is 7.82 Å².